The van der Waals surface area contributed by atoms with Gasteiger partial charge in [-0.2, -0.15) is 0 Å². The van der Waals surface area contributed by atoms with Gasteiger partial charge in [-0.3, -0.25) is 14.6 Å². The van der Waals surface area contributed by atoms with E-state index in [-0.39, 0.29) is 18.0 Å². The number of nitrogens with zero attached hydrogens (tertiary/aromatic N) is 2. The van der Waals surface area contributed by atoms with Crippen molar-refractivity contribution in [2.45, 2.75) is 58.2 Å². The Morgan fingerprint density at radius 1 is 1.22 bits per heavy atom. The number of ether oxygens (including phenoxy) is 1. The second-order valence-corrected chi connectivity index (χ2v) is 8.17. The number of piperidine rings is 1. The van der Waals surface area contributed by atoms with E-state index in [0.29, 0.717) is 12.6 Å². The molecule has 5 nitrogen and oxygen atoms in total. The summed E-state index contributed by atoms with van der Waals surface area (Å²) in [6, 6.07) is 9.29. The molecule has 1 aromatic rings. The van der Waals surface area contributed by atoms with E-state index in [1.807, 2.05) is 0 Å². The number of likely N-dealkylation sites (tertiary alicyclic amines) is 1. The lowest BCUT2D eigenvalue weighted by Crippen LogP contribution is -2.53. The third-order valence-corrected chi connectivity index (χ3v) is 5.89. The molecule has 2 aliphatic heterocycles. The fourth-order valence-corrected chi connectivity index (χ4v) is 4.39. The van der Waals surface area contributed by atoms with E-state index in [1.165, 1.54) is 17.5 Å². The largest absolute Gasteiger partial charge is 0.379 e. The van der Waals surface area contributed by atoms with Gasteiger partial charge >= 0.3 is 0 Å². The summed E-state index contributed by atoms with van der Waals surface area (Å²) in [6.45, 7) is 11.5. The normalized spacial score (nSPS) is 23.3. The first-order chi connectivity index (χ1) is 13.1. The Morgan fingerprint density at radius 3 is 2.70 bits per heavy atom. The molecule has 5 heteroatoms. The number of rotatable bonds is 6. The van der Waals surface area contributed by atoms with Crippen LogP contribution in [0, 0.1) is 6.92 Å². The molecule has 2 unspecified atom stereocenters. The third-order valence-electron chi connectivity index (χ3n) is 5.89. The monoisotopic (exact) mass is 373 g/mol. The van der Waals surface area contributed by atoms with Crippen molar-refractivity contribution in [2.75, 3.05) is 39.4 Å². The van der Waals surface area contributed by atoms with Gasteiger partial charge in [0, 0.05) is 25.7 Å². The molecular weight excluding hydrogens is 338 g/mol. The zero-order chi connectivity index (χ0) is 19.2. The Hall–Kier alpha value is -1.43. The molecule has 0 bridgehead atoms. The van der Waals surface area contributed by atoms with Gasteiger partial charge in [-0.1, -0.05) is 36.2 Å². The Morgan fingerprint density at radius 2 is 2.00 bits per heavy atom. The van der Waals surface area contributed by atoms with Crippen LogP contribution in [0.5, 0.6) is 0 Å². The minimum absolute atomic E-state index is 0.0154. The molecule has 3 rings (SSSR count). The second kappa shape index (κ2) is 9.67. The second-order valence-electron chi connectivity index (χ2n) is 8.17. The lowest BCUT2D eigenvalue weighted by molar-refractivity contribution is -0.128. The van der Waals surface area contributed by atoms with E-state index in [4.69, 9.17) is 4.74 Å². The van der Waals surface area contributed by atoms with Crippen LogP contribution in [-0.2, 0) is 9.53 Å². The average Bonchev–Trinajstić information content (AvgIpc) is 2.69. The molecule has 1 N–H and O–H groups in total. The summed E-state index contributed by atoms with van der Waals surface area (Å²) in [5.41, 5.74) is 2.54. The van der Waals surface area contributed by atoms with E-state index >= 15 is 0 Å². The summed E-state index contributed by atoms with van der Waals surface area (Å²) in [6.07, 6.45) is 3.31. The van der Waals surface area contributed by atoms with Crippen LogP contribution in [0.25, 0.3) is 0 Å². The number of morpholine rings is 1. The third kappa shape index (κ3) is 5.31. The van der Waals surface area contributed by atoms with E-state index in [2.05, 4.69) is 60.2 Å². The number of nitrogens with one attached hydrogen (secondary N) is 1. The number of hydrogen-bond donors (Lipinski definition) is 1. The topological polar surface area (TPSA) is 44.8 Å². The van der Waals surface area contributed by atoms with Crippen LogP contribution < -0.4 is 5.32 Å². The van der Waals surface area contributed by atoms with Gasteiger partial charge in [0.05, 0.1) is 25.3 Å². The van der Waals surface area contributed by atoms with Crippen molar-refractivity contribution >= 4 is 5.91 Å². The summed E-state index contributed by atoms with van der Waals surface area (Å²) >= 11 is 0. The van der Waals surface area contributed by atoms with Crippen LogP contribution >= 0.6 is 0 Å². The number of aryl methyl sites for hydroxylation is 1. The SMILES string of the molecule is Cc1cccc(C(CNC(=O)C2CCCCN2C(C)C)N2CCOCC2)c1. The standard InChI is InChI=1S/C22H35N3O2/c1-17(2)25-10-5-4-9-20(25)22(26)23-16-21(24-11-13-27-14-12-24)19-8-6-7-18(3)15-19/h6-8,15,17,20-21H,4-5,9-14,16H2,1-3H3,(H,23,26). The molecule has 2 aliphatic rings. The molecule has 0 aliphatic carbocycles. The van der Waals surface area contributed by atoms with Gasteiger partial charge in [0.2, 0.25) is 5.91 Å². The van der Waals surface area contributed by atoms with Gasteiger partial charge in [0.1, 0.15) is 0 Å². The van der Waals surface area contributed by atoms with E-state index < -0.39 is 0 Å². The maximum Gasteiger partial charge on any atom is 0.237 e. The summed E-state index contributed by atoms with van der Waals surface area (Å²) in [5, 5.41) is 3.29. The van der Waals surface area contributed by atoms with Gasteiger partial charge in [-0.25, -0.2) is 0 Å². The molecule has 0 spiro atoms. The molecule has 1 aromatic carbocycles. The van der Waals surface area contributed by atoms with E-state index in [0.717, 1.165) is 45.7 Å². The van der Waals surface area contributed by atoms with Crippen molar-refractivity contribution in [3.63, 3.8) is 0 Å². The molecule has 0 saturated carbocycles. The first kappa shape index (κ1) is 20.3. The maximum absolute atomic E-state index is 13.0. The molecule has 27 heavy (non-hydrogen) atoms. The Balaban J connectivity index is 1.69. The molecule has 0 aromatic heterocycles. The predicted molar refractivity (Wildman–Crippen MR) is 109 cm³/mol. The van der Waals surface area contributed by atoms with Crippen LogP contribution in [0.1, 0.15) is 50.3 Å². The highest BCUT2D eigenvalue weighted by molar-refractivity contribution is 5.81. The Labute approximate surface area is 164 Å². The molecular formula is C22H35N3O2. The van der Waals surface area contributed by atoms with Gasteiger partial charge in [-0.15, -0.1) is 0 Å². The maximum atomic E-state index is 13.0. The van der Waals surface area contributed by atoms with Crippen molar-refractivity contribution < 1.29 is 9.53 Å². The average molecular weight is 374 g/mol. The summed E-state index contributed by atoms with van der Waals surface area (Å²) in [7, 11) is 0. The molecule has 2 atom stereocenters. The van der Waals surface area contributed by atoms with Crippen molar-refractivity contribution in [1.29, 1.82) is 0 Å². The Bertz CT molecular complexity index is 613. The molecule has 150 valence electrons. The van der Waals surface area contributed by atoms with Crippen molar-refractivity contribution in [2.24, 2.45) is 0 Å². The molecule has 2 fully saturated rings. The molecule has 1 amide bonds. The predicted octanol–water partition coefficient (Wildman–Crippen LogP) is 2.75. The van der Waals surface area contributed by atoms with Crippen molar-refractivity contribution in [1.82, 2.24) is 15.1 Å². The Kier molecular flexibility index (Phi) is 7.27. The number of carbonyl (C=O) groups excluding carboxylic acids is 1. The fraction of sp³-hybridized carbons (Fsp3) is 0.682. The van der Waals surface area contributed by atoms with E-state index in [1.54, 1.807) is 0 Å². The summed E-state index contributed by atoms with van der Waals surface area (Å²) < 4.78 is 5.53. The molecule has 2 saturated heterocycles. The molecule has 0 radical (unpaired) electrons. The highest BCUT2D eigenvalue weighted by Gasteiger charge is 2.31. The first-order valence-corrected chi connectivity index (χ1v) is 10.5. The minimum atomic E-state index is 0.0154. The minimum Gasteiger partial charge on any atom is -0.379 e. The highest BCUT2D eigenvalue weighted by atomic mass is 16.5. The number of carbonyl (C=O) groups is 1. The van der Waals surface area contributed by atoms with Crippen LogP contribution in [0.4, 0.5) is 0 Å². The number of hydrogen-bond acceptors (Lipinski definition) is 4. The van der Waals surface area contributed by atoms with Crippen LogP contribution in [-0.4, -0.2) is 67.2 Å². The van der Waals surface area contributed by atoms with Crippen LogP contribution in [0.2, 0.25) is 0 Å². The van der Waals surface area contributed by atoms with E-state index in [9.17, 15) is 4.79 Å². The van der Waals surface area contributed by atoms with Crippen LogP contribution in [0.3, 0.4) is 0 Å². The highest BCUT2D eigenvalue weighted by Crippen LogP contribution is 2.23. The zero-order valence-corrected chi connectivity index (χ0v) is 17.1. The molecule has 2 heterocycles. The number of amides is 1. The van der Waals surface area contributed by atoms with Crippen molar-refractivity contribution in [3.05, 3.63) is 35.4 Å². The fourth-order valence-electron chi connectivity index (χ4n) is 4.39. The van der Waals surface area contributed by atoms with Gasteiger partial charge in [0.15, 0.2) is 0 Å². The summed E-state index contributed by atoms with van der Waals surface area (Å²) in [5.74, 6) is 0.189. The summed E-state index contributed by atoms with van der Waals surface area (Å²) in [4.78, 5) is 17.8. The van der Waals surface area contributed by atoms with Gasteiger partial charge in [0.25, 0.3) is 0 Å². The smallest absolute Gasteiger partial charge is 0.237 e. The van der Waals surface area contributed by atoms with Crippen LogP contribution in [0.15, 0.2) is 24.3 Å². The van der Waals surface area contributed by atoms with Gasteiger partial charge in [-0.05, 0) is 45.7 Å². The number of benzene rings is 1. The lowest BCUT2D eigenvalue weighted by atomic mass is 9.99. The van der Waals surface area contributed by atoms with Crippen molar-refractivity contribution in [3.8, 4) is 0 Å². The van der Waals surface area contributed by atoms with Gasteiger partial charge < -0.3 is 10.1 Å². The quantitative estimate of drug-likeness (QED) is 0.833. The first-order valence-electron chi connectivity index (χ1n) is 10.5. The zero-order valence-electron chi connectivity index (χ0n) is 17.1. The lowest BCUT2D eigenvalue weighted by Gasteiger charge is -2.39.